The monoisotopic (exact) mass is 380 g/mol. The van der Waals surface area contributed by atoms with Gasteiger partial charge >= 0.3 is 6.09 Å². The highest BCUT2D eigenvalue weighted by Gasteiger charge is 2.23. The number of likely N-dealkylation sites (tertiary alicyclic amines) is 1. The van der Waals surface area contributed by atoms with Crippen molar-refractivity contribution in [1.29, 1.82) is 0 Å². The van der Waals surface area contributed by atoms with Crippen LogP contribution in [0, 0.1) is 5.82 Å². The van der Waals surface area contributed by atoms with Crippen LogP contribution in [0.3, 0.4) is 0 Å². The summed E-state index contributed by atoms with van der Waals surface area (Å²) in [4.78, 5) is 17.7. The number of aliphatic imine (C=N–C) groups is 1. The molecular weight excluding hydrogens is 351 g/mol. The van der Waals surface area contributed by atoms with E-state index in [0.717, 1.165) is 25.7 Å². The van der Waals surface area contributed by atoms with E-state index in [1.165, 1.54) is 12.1 Å². The van der Waals surface area contributed by atoms with Crippen molar-refractivity contribution in [3.63, 3.8) is 0 Å². The topological polar surface area (TPSA) is 89.2 Å². The number of nitrogens with two attached hydrogens (primary N) is 1. The molecule has 1 fully saturated rings. The van der Waals surface area contributed by atoms with Crippen molar-refractivity contribution in [1.82, 2.24) is 10.2 Å². The molecule has 0 aliphatic carbocycles. The van der Waals surface area contributed by atoms with Gasteiger partial charge in [0, 0.05) is 25.7 Å². The number of hydrogen-bond acceptors (Lipinski definition) is 4. The lowest BCUT2D eigenvalue weighted by Gasteiger charge is -2.31. The van der Waals surface area contributed by atoms with Crippen molar-refractivity contribution in [2.24, 2.45) is 10.7 Å². The van der Waals surface area contributed by atoms with Gasteiger partial charge in [0.05, 0.1) is 13.2 Å². The van der Waals surface area contributed by atoms with E-state index in [1.54, 1.807) is 24.0 Å². The summed E-state index contributed by atoms with van der Waals surface area (Å²) in [6.07, 6.45) is 3.08. The van der Waals surface area contributed by atoms with Crippen molar-refractivity contribution in [2.75, 3.05) is 32.8 Å². The van der Waals surface area contributed by atoms with Crippen LogP contribution in [0.1, 0.15) is 32.6 Å². The molecule has 3 N–H and O–H groups in total. The smallest absolute Gasteiger partial charge is 0.409 e. The molecule has 1 aliphatic heterocycles. The van der Waals surface area contributed by atoms with Crippen LogP contribution in [0.4, 0.5) is 9.18 Å². The first kappa shape index (κ1) is 20.8. The van der Waals surface area contributed by atoms with Gasteiger partial charge in [-0.3, -0.25) is 4.99 Å². The molecule has 1 aromatic rings. The number of nitrogens with zero attached hydrogens (tertiary/aromatic N) is 2. The summed E-state index contributed by atoms with van der Waals surface area (Å²) in [5.74, 6) is 0.825. The number of carbonyl (C=O) groups excluding carboxylic acids is 1. The Morgan fingerprint density at radius 2 is 2.00 bits per heavy atom. The van der Waals surface area contributed by atoms with Gasteiger partial charge in [-0.2, -0.15) is 0 Å². The van der Waals surface area contributed by atoms with Crippen LogP contribution in [0.5, 0.6) is 5.75 Å². The predicted octanol–water partition coefficient (Wildman–Crippen LogP) is 2.51. The molecule has 0 atom stereocenters. The fourth-order valence-electron chi connectivity index (χ4n) is 2.81. The Labute approximate surface area is 159 Å². The minimum absolute atomic E-state index is 0.223. The largest absolute Gasteiger partial charge is 0.494 e. The second-order valence-electron chi connectivity index (χ2n) is 6.38. The number of guanidine groups is 1. The molecule has 150 valence electrons. The highest BCUT2D eigenvalue weighted by Crippen LogP contribution is 2.12. The van der Waals surface area contributed by atoms with Crippen LogP contribution in [-0.2, 0) is 4.74 Å². The van der Waals surface area contributed by atoms with Gasteiger partial charge in [0.15, 0.2) is 5.96 Å². The van der Waals surface area contributed by atoms with Crippen LogP contribution >= 0.6 is 0 Å². The minimum atomic E-state index is -0.272. The molecule has 2 rings (SSSR count). The van der Waals surface area contributed by atoms with E-state index in [2.05, 4.69) is 10.3 Å². The number of benzene rings is 1. The number of hydrogen-bond donors (Lipinski definition) is 2. The first-order chi connectivity index (χ1) is 13.1. The molecule has 27 heavy (non-hydrogen) atoms. The van der Waals surface area contributed by atoms with E-state index >= 15 is 0 Å². The van der Waals surface area contributed by atoms with E-state index in [-0.39, 0.29) is 18.0 Å². The zero-order valence-electron chi connectivity index (χ0n) is 15.8. The van der Waals surface area contributed by atoms with Gasteiger partial charge in [-0.05, 0) is 56.9 Å². The van der Waals surface area contributed by atoms with E-state index < -0.39 is 0 Å². The van der Waals surface area contributed by atoms with E-state index in [9.17, 15) is 9.18 Å². The summed E-state index contributed by atoms with van der Waals surface area (Å²) < 4.78 is 23.3. The fourth-order valence-corrected chi connectivity index (χ4v) is 2.81. The SMILES string of the molecule is CCOC(=O)N1CCC(NC(N)=NCCCCOc2ccc(F)cc2)CC1. The molecular formula is C19H29FN4O3. The van der Waals surface area contributed by atoms with Crippen molar-refractivity contribution in [3.8, 4) is 5.75 Å². The summed E-state index contributed by atoms with van der Waals surface area (Å²) in [5.41, 5.74) is 5.93. The van der Waals surface area contributed by atoms with Gasteiger partial charge in [0.1, 0.15) is 11.6 Å². The van der Waals surface area contributed by atoms with Crippen LogP contribution in [-0.4, -0.2) is 55.8 Å². The van der Waals surface area contributed by atoms with Crippen LogP contribution in [0.15, 0.2) is 29.3 Å². The molecule has 0 unspecified atom stereocenters. The molecule has 1 amide bonds. The molecule has 0 spiro atoms. The number of unbranched alkanes of at least 4 members (excludes halogenated alkanes) is 1. The van der Waals surface area contributed by atoms with E-state index in [0.29, 0.717) is 44.6 Å². The zero-order valence-corrected chi connectivity index (χ0v) is 15.8. The summed E-state index contributed by atoms with van der Waals surface area (Å²) in [6.45, 7) is 4.69. The van der Waals surface area contributed by atoms with Gasteiger partial charge in [0.25, 0.3) is 0 Å². The lowest BCUT2D eigenvalue weighted by Crippen LogP contribution is -2.48. The first-order valence-electron chi connectivity index (χ1n) is 9.45. The van der Waals surface area contributed by atoms with Crippen molar-refractivity contribution >= 4 is 12.1 Å². The molecule has 8 heteroatoms. The minimum Gasteiger partial charge on any atom is -0.494 e. The van der Waals surface area contributed by atoms with Crippen molar-refractivity contribution < 1.29 is 18.7 Å². The van der Waals surface area contributed by atoms with Crippen LogP contribution in [0.2, 0.25) is 0 Å². The second-order valence-corrected chi connectivity index (χ2v) is 6.38. The molecule has 0 aromatic heterocycles. The third kappa shape index (κ3) is 7.72. The Morgan fingerprint density at radius 3 is 2.67 bits per heavy atom. The lowest BCUT2D eigenvalue weighted by atomic mass is 10.1. The standard InChI is InChI=1S/C19H29FN4O3/c1-2-26-19(25)24-12-9-16(10-13-24)23-18(21)22-11-3-4-14-27-17-7-5-15(20)6-8-17/h5-8,16H,2-4,9-14H2,1H3,(H3,21,22,23). The van der Waals surface area contributed by atoms with Crippen LogP contribution < -0.4 is 15.8 Å². The van der Waals surface area contributed by atoms with Gasteiger partial charge in [0.2, 0.25) is 0 Å². The molecule has 7 nitrogen and oxygen atoms in total. The number of ether oxygens (including phenoxy) is 2. The van der Waals surface area contributed by atoms with Gasteiger partial charge in [-0.1, -0.05) is 0 Å². The molecule has 1 heterocycles. The number of nitrogens with one attached hydrogen (secondary N) is 1. The quantitative estimate of drug-likeness (QED) is 0.411. The average Bonchev–Trinajstić information content (AvgIpc) is 2.67. The molecule has 0 radical (unpaired) electrons. The molecule has 1 aliphatic rings. The predicted molar refractivity (Wildman–Crippen MR) is 102 cm³/mol. The normalized spacial score (nSPS) is 15.5. The summed E-state index contributed by atoms with van der Waals surface area (Å²) in [5, 5.41) is 3.21. The Hall–Kier alpha value is -2.51. The second kappa shape index (κ2) is 11.3. The maximum Gasteiger partial charge on any atom is 0.409 e. The number of halogens is 1. The molecule has 1 saturated heterocycles. The van der Waals surface area contributed by atoms with E-state index in [4.69, 9.17) is 15.2 Å². The van der Waals surface area contributed by atoms with Gasteiger partial charge in [-0.15, -0.1) is 0 Å². The van der Waals surface area contributed by atoms with Gasteiger partial charge in [-0.25, -0.2) is 9.18 Å². The third-order valence-electron chi connectivity index (χ3n) is 4.29. The molecule has 0 saturated carbocycles. The zero-order chi connectivity index (χ0) is 19.5. The Morgan fingerprint density at radius 1 is 1.30 bits per heavy atom. The molecule has 1 aromatic carbocycles. The lowest BCUT2D eigenvalue weighted by molar-refractivity contribution is 0.0963. The molecule has 0 bridgehead atoms. The average molecular weight is 380 g/mol. The summed E-state index contributed by atoms with van der Waals surface area (Å²) in [6, 6.07) is 6.21. The van der Waals surface area contributed by atoms with Crippen molar-refractivity contribution in [3.05, 3.63) is 30.1 Å². The third-order valence-corrected chi connectivity index (χ3v) is 4.29. The number of rotatable bonds is 8. The number of amides is 1. The Bertz CT molecular complexity index is 601. The van der Waals surface area contributed by atoms with Gasteiger partial charge < -0.3 is 25.4 Å². The number of carbonyl (C=O) groups is 1. The number of piperidine rings is 1. The first-order valence-corrected chi connectivity index (χ1v) is 9.45. The maximum atomic E-state index is 12.8. The van der Waals surface area contributed by atoms with Crippen LogP contribution in [0.25, 0.3) is 0 Å². The summed E-state index contributed by atoms with van der Waals surface area (Å²) >= 11 is 0. The highest BCUT2D eigenvalue weighted by atomic mass is 19.1. The van der Waals surface area contributed by atoms with Crippen molar-refractivity contribution in [2.45, 2.75) is 38.6 Å². The Balaban J connectivity index is 1.55. The fraction of sp³-hybridized carbons (Fsp3) is 0.579. The summed E-state index contributed by atoms with van der Waals surface area (Å²) in [7, 11) is 0. The van der Waals surface area contributed by atoms with E-state index in [1.807, 2.05) is 0 Å². The highest BCUT2D eigenvalue weighted by molar-refractivity contribution is 5.78. The maximum absolute atomic E-state index is 12.8. The Kier molecular flexibility index (Phi) is 8.67.